The van der Waals surface area contributed by atoms with Gasteiger partial charge in [-0.05, 0) is 0 Å². The second kappa shape index (κ2) is 1.37. The fraction of sp³-hybridized carbons (Fsp3) is 0. The van der Waals surface area contributed by atoms with E-state index in [1.807, 2.05) is 0 Å². The summed E-state index contributed by atoms with van der Waals surface area (Å²) in [6, 6.07) is 0. The van der Waals surface area contributed by atoms with Crippen molar-refractivity contribution in [3.8, 4) is 0 Å². The number of rotatable bonds is 0. The van der Waals surface area contributed by atoms with E-state index >= 15 is 0 Å². The molecule has 0 fully saturated rings. The van der Waals surface area contributed by atoms with E-state index in [-0.39, 0.29) is 0 Å². The highest BCUT2D eigenvalue weighted by atomic mass is 35.7. The van der Waals surface area contributed by atoms with Crippen molar-refractivity contribution in [2.24, 2.45) is 0 Å². The van der Waals surface area contributed by atoms with Crippen LogP contribution < -0.4 is 0 Å². The quantitative estimate of drug-likeness (QED) is 0.388. The molecule has 0 aliphatic heterocycles. The van der Waals surface area contributed by atoms with Gasteiger partial charge < -0.3 is 0 Å². The molecule has 32 valence electrons. The molecule has 0 radical (unpaired) electrons. The summed E-state index contributed by atoms with van der Waals surface area (Å²) in [4.78, 5) is 22.5. The molecule has 0 rings (SSSR count). The van der Waals surface area contributed by atoms with Crippen molar-refractivity contribution in [2.45, 2.75) is 0 Å². The Balaban J connectivity index is 3.02. The third-order valence-corrected chi connectivity index (χ3v) is 0. The lowest BCUT2D eigenvalue weighted by Gasteiger charge is -1.81. The lowest BCUT2D eigenvalue weighted by molar-refractivity contribution is 0.356. The highest BCUT2D eigenvalue weighted by molar-refractivity contribution is 7.85. The van der Waals surface area contributed by atoms with Crippen molar-refractivity contribution in [1.29, 1.82) is 0 Å². The molecule has 0 aromatic rings. The molecular weight excluding hydrogens is 114 g/mol. The zero-order valence-corrected chi connectivity index (χ0v) is 3.82. The summed E-state index contributed by atoms with van der Waals surface area (Å²) in [5, 5.41) is 0. The second-order valence-electron chi connectivity index (χ2n) is 0.495. The molecule has 0 saturated carbocycles. The molecule has 0 bridgehead atoms. The van der Waals surface area contributed by atoms with E-state index in [9.17, 15) is 0 Å². The maximum Gasteiger partial charge on any atom is 0.516 e. The average molecular weight is 117 g/mol. The van der Waals surface area contributed by atoms with Crippen LogP contribution in [0, 0.1) is 0 Å². The second-order valence-corrected chi connectivity index (χ2v) is 2.85. The lowest BCUT2D eigenvalue weighted by atomic mass is 15.8. The third-order valence-electron chi connectivity index (χ3n) is 0. The summed E-state index contributed by atoms with van der Waals surface area (Å²) < 4.78 is 0. The van der Waals surface area contributed by atoms with Gasteiger partial charge >= 0.3 is 7.30 Å². The summed E-state index contributed by atoms with van der Waals surface area (Å²) in [7, 11) is -3.92. The minimum absolute atomic E-state index is 3.92. The molecule has 3 N–H and O–H groups in total. The van der Waals surface area contributed by atoms with Crippen LogP contribution >= 0.6 is 18.5 Å². The number of hydrogen-bond acceptors (Lipinski definition) is 3. The summed E-state index contributed by atoms with van der Waals surface area (Å²) >= 11 is 4.31. The van der Waals surface area contributed by atoms with Crippen molar-refractivity contribution >= 4 is 18.5 Å². The van der Waals surface area contributed by atoms with Crippen molar-refractivity contribution in [3.05, 3.63) is 0 Å². The largest absolute Gasteiger partial charge is 0.516 e. The molecular formula is H3ClO3P+. The van der Waals surface area contributed by atoms with Crippen LogP contribution in [-0.2, 0) is 0 Å². The van der Waals surface area contributed by atoms with Crippen LogP contribution in [0.1, 0.15) is 0 Å². The van der Waals surface area contributed by atoms with Gasteiger partial charge in [0.05, 0.1) is 0 Å². The Morgan fingerprint density at radius 1 is 1.20 bits per heavy atom. The highest BCUT2D eigenvalue weighted by Crippen LogP contribution is 2.49. The Labute approximate surface area is 34.2 Å². The standard InChI is InChI=1S/ClH3O3P/c1-5(2,3)4/h2-4H/q+1. The smallest absolute Gasteiger partial charge is 0.179 e. The van der Waals surface area contributed by atoms with Gasteiger partial charge in [-0.1, -0.05) is 0 Å². The van der Waals surface area contributed by atoms with Gasteiger partial charge in [-0.3, -0.25) is 0 Å². The Bertz CT molecular complexity index is 22.4. The third kappa shape index (κ3) is 86.4. The molecule has 0 aromatic carbocycles. The van der Waals surface area contributed by atoms with Gasteiger partial charge in [0.25, 0.3) is 0 Å². The zero-order chi connectivity index (χ0) is 4.50. The lowest BCUT2D eigenvalue weighted by Crippen LogP contribution is -1.69. The van der Waals surface area contributed by atoms with Crippen LogP contribution in [0.15, 0.2) is 0 Å². The Hall–Kier alpha value is 0.600. The van der Waals surface area contributed by atoms with E-state index in [0.29, 0.717) is 0 Å². The predicted octanol–water partition coefficient (Wildman–Crippen LogP) is -0.120. The monoisotopic (exact) mass is 117 g/mol. The molecule has 0 atom stereocenters. The summed E-state index contributed by atoms with van der Waals surface area (Å²) in [6.07, 6.45) is 0. The Kier molecular flexibility index (Phi) is 1.53. The van der Waals surface area contributed by atoms with Crippen LogP contribution in [-0.4, -0.2) is 14.7 Å². The first-order valence-corrected chi connectivity index (χ1v) is 3.32. The first-order valence-electron chi connectivity index (χ1n) is 0.769. The highest BCUT2D eigenvalue weighted by Gasteiger charge is 2.24. The normalized spacial score (nSPS) is 12.0. The fourth-order valence-corrected chi connectivity index (χ4v) is 0. The van der Waals surface area contributed by atoms with Gasteiger partial charge in [0, 0.05) is 0 Å². The van der Waals surface area contributed by atoms with Gasteiger partial charge in [0.15, 0.2) is 11.2 Å². The molecule has 0 unspecified atom stereocenters. The van der Waals surface area contributed by atoms with Gasteiger partial charge in [0.1, 0.15) is 0 Å². The number of halogens is 1. The minimum Gasteiger partial charge on any atom is -0.179 e. The van der Waals surface area contributed by atoms with Gasteiger partial charge in [0.2, 0.25) is 0 Å². The molecule has 0 heterocycles. The maximum absolute atomic E-state index is 7.51. The molecule has 5 heavy (non-hydrogen) atoms. The van der Waals surface area contributed by atoms with Crippen LogP contribution in [0.2, 0.25) is 0 Å². The summed E-state index contributed by atoms with van der Waals surface area (Å²) in [6.45, 7) is 0. The maximum atomic E-state index is 7.51. The average Bonchev–Trinajstić information content (AvgIpc) is 0.722. The molecule has 0 aliphatic rings. The van der Waals surface area contributed by atoms with E-state index in [2.05, 4.69) is 11.2 Å². The first kappa shape index (κ1) is 5.60. The molecule has 0 aliphatic carbocycles. The zero-order valence-electron chi connectivity index (χ0n) is 2.17. The molecule has 0 amide bonds. The molecule has 5 heteroatoms. The van der Waals surface area contributed by atoms with E-state index in [1.54, 1.807) is 0 Å². The SMILES string of the molecule is O[P+](O)(O)Cl. The molecule has 3 nitrogen and oxygen atoms in total. The van der Waals surface area contributed by atoms with E-state index in [0.717, 1.165) is 0 Å². The topological polar surface area (TPSA) is 60.7 Å². The van der Waals surface area contributed by atoms with Crippen molar-refractivity contribution < 1.29 is 14.7 Å². The van der Waals surface area contributed by atoms with E-state index in [1.165, 1.54) is 0 Å². The van der Waals surface area contributed by atoms with Crippen LogP contribution in [0.4, 0.5) is 0 Å². The van der Waals surface area contributed by atoms with E-state index in [4.69, 9.17) is 14.7 Å². The van der Waals surface area contributed by atoms with Gasteiger partial charge in [-0.15, -0.1) is 0 Å². The van der Waals surface area contributed by atoms with Gasteiger partial charge in [-0.25, -0.2) is 0 Å². The first-order chi connectivity index (χ1) is 2.00. The fourth-order valence-electron chi connectivity index (χ4n) is 0. The Morgan fingerprint density at radius 3 is 1.20 bits per heavy atom. The molecule has 0 spiro atoms. The number of hydrogen-bond donors (Lipinski definition) is 3. The molecule has 0 saturated heterocycles. The predicted molar refractivity (Wildman–Crippen MR) is 19.4 cm³/mol. The Morgan fingerprint density at radius 2 is 1.20 bits per heavy atom. The van der Waals surface area contributed by atoms with Crippen LogP contribution in [0.25, 0.3) is 0 Å². The van der Waals surface area contributed by atoms with Gasteiger partial charge in [-0.2, -0.15) is 14.7 Å². The summed E-state index contributed by atoms with van der Waals surface area (Å²) in [5.74, 6) is 0. The molecule has 0 aromatic heterocycles. The van der Waals surface area contributed by atoms with Crippen molar-refractivity contribution in [2.75, 3.05) is 0 Å². The summed E-state index contributed by atoms with van der Waals surface area (Å²) in [5.41, 5.74) is 0. The minimum atomic E-state index is -3.92. The van der Waals surface area contributed by atoms with Crippen molar-refractivity contribution in [3.63, 3.8) is 0 Å². The van der Waals surface area contributed by atoms with Crippen LogP contribution in [0.3, 0.4) is 0 Å². The van der Waals surface area contributed by atoms with E-state index < -0.39 is 7.30 Å². The van der Waals surface area contributed by atoms with Crippen LogP contribution in [0.5, 0.6) is 0 Å². The van der Waals surface area contributed by atoms with Crippen molar-refractivity contribution in [1.82, 2.24) is 0 Å².